The monoisotopic (exact) mass is 226 g/mol. The Hall–Kier alpha value is -0.410. The molecule has 0 aromatic rings. The van der Waals surface area contributed by atoms with E-state index in [0.29, 0.717) is 6.54 Å². The molecule has 0 aliphatic heterocycles. The first-order chi connectivity index (χ1) is 6.41. The summed E-state index contributed by atoms with van der Waals surface area (Å²) in [5.74, 6) is -1.11. The second-order valence-electron chi connectivity index (χ2n) is 2.98. The van der Waals surface area contributed by atoms with Gasteiger partial charge in [-0.2, -0.15) is 30.2 Å². The van der Waals surface area contributed by atoms with Gasteiger partial charge in [0.1, 0.15) is 0 Å². The lowest BCUT2D eigenvalue weighted by molar-refractivity contribution is -0.162. The highest BCUT2D eigenvalue weighted by molar-refractivity contribution is 7.98. The van der Waals surface area contributed by atoms with Crippen LogP contribution in [0.15, 0.2) is 0 Å². The second kappa shape index (κ2) is 6.14. The molecule has 14 heavy (non-hydrogen) atoms. The molecule has 1 unspecified atom stereocenters. The van der Waals surface area contributed by atoms with Gasteiger partial charge in [0, 0.05) is 18.8 Å². The van der Waals surface area contributed by atoms with E-state index >= 15 is 0 Å². The fraction of sp³-hybridized carbons (Fsp3) is 0.875. The molecule has 0 N–H and O–H groups in total. The van der Waals surface area contributed by atoms with Gasteiger partial charge in [0.05, 0.1) is 6.07 Å². The summed E-state index contributed by atoms with van der Waals surface area (Å²) >= 11 is 1.57. The van der Waals surface area contributed by atoms with Gasteiger partial charge in [-0.1, -0.05) is 0 Å². The third kappa shape index (κ3) is 5.35. The minimum Gasteiger partial charge on any atom is -0.304 e. The highest BCUT2D eigenvalue weighted by Gasteiger charge is 2.40. The zero-order valence-electron chi connectivity index (χ0n) is 8.14. The van der Waals surface area contributed by atoms with Gasteiger partial charge in [-0.3, -0.25) is 0 Å². The maximum Gasteiger partial charge on any atom is 0.405 e. The van der Waals surface area contributed by atoms with E-state index in [4.69, 9.17) is 5.26 Å². The van der Waals surface area contributed by atoms with Crippen molar-refractivity contribution >= 4 is 11.8 Å². The zero-order valence-corrected chi connectivity index (χ0v) is 8.95. The minimum atomic E-state index is -4.41. The molecule has 0 saturated heterocycles. The lowest BCUT2D eigenvalue weighted by Gasteiger charge is -2.20. The molecule has 0 rings (SSSR count). The van der Waals surface area contributed by atoms with Crippen LogP contribution in [-0.2, 0) is 0 Å². The van der Waals surface area contributed by atoms with Crippen LogP contribution in [0.3, 0.4) is 0 Å². The van der Waals surface area contributed by atoms with E-state index in [-0.39, 0.29) is 6.54 Å². The summed E-state index contributed by atoms with van der Waals surface area (Å²) in [6, 6.07) is 1.28. The van der Waals surface area contributed by atoms with Crippen molar-refractivity contribution in [2.75, 3.05) is 32.1 Å². The van der Waals surface area contributed by atoms with Crippen LogP contribution in [0.25, 0.3) is 0 Å². The smallest absolute Gasteiger partial charge is 0.304 e. The molecule has 0 aliphatic carbocycles. The maximum absolute atomic E-state index is 12.1. The number of nitriles is 1. The predicted octanol–water partition coefficient (Wildman–Crippen LogP) is 1.98. The number of hydrogen-bond acceptors (Lipinski definition) is 3. The Bertz CT molecular complexity index is 200. The normalized spacial score (nSPS) is 14.1. The fourth-order valence-corrected chi connectivity index (χ4v) is 1.36. The van der Waals surface area contributed by atoms with Crippen LogP contribution in [0.4, 0.5) is 13.2 Å². The van der Waals surface area contributed by atoms with E-state index in [1.807, 2.05) is 6.26 Å². The van der Waals surface area contributed by atoms with E-state index in [1.165, 1.54) is 11.0 Å². The van der Waals surface area contributed by atoms with E-state index in [2.05, 4.69) is 0 Å². The van der Waals surface area contributed by atoms with Crippen molar-refractivity contribution in [1.82, 2.24) is 4.90 Å². The molecule has 0 fully saturated rings. The van der Waals surface area contributed by atoms with Crippen LogP contribution in [0, 0.1) is 17.2 Å². The molecule has 6 heteroatoms. The first-order valence-corrected chi connectivity index (χ1v) is 5.45. The van der Waals surface area contributed by atoms with Crippen LogP contribution in [0.5, 0.6) is 0 Å². The average molecular weight is 226 g/mol. The molecule has 0 saturated carbocycles. The van der Waals surface area contributed by atoms with Crippen molar-refractivity contribution in [3.8, 4) is 6.07 Å². The van der Waals surface area contributed by atoms with Crippen LogP contribution >= 0.6 is 11.8 Å². The van der Waals surface area contributed by atoms with Crippen molar-refractivity contribution in [3.05, 3.63) is 0 Å². The van der Waals surface area contributed by atoms with Gasteiger partial charge in [0.25, 0.3) is 0 Å². The fourth-order valence-electron chi connectivity index (χ4n) is 0.868. The molecule has 0 spiro atoms. The SMILES string of the molecule is CSCCN(C)CC(C#N)C(F)(F)F. The number of halogens is 3. The van der Waals surface area contributed by atoms with Gasteiger partial charge in [-0.05, 0) is 13.3 Å². The Morgan fingerprint density at radius 1 is 1.50 bits per heavy atom. The Labute approximate surface area is 86.1 Å². The largest absolute Gasteiger partial charge is 0.405 e. The summed E-state index contributed by atoms with van der Waals surface area (Å²) in [4.78, 5) is 1.53. The molecular weight excluding hydrogens is 213 g/mol. The Kier molecular flexibility index (Phi) is 5.96. The molecule has 0 amide bonds. The van der Waals surface area contributed by atoms with Crippen molar-refractivity contribution in [1.29, 1.82) is 5.26 Å². The van der Waals surface area contributed by atoms with Crippen molar-refractivity contribution in [2.45, 2.75) is 6.18 Å². The van der Waals surface area contributed by atoms with Gasteiger partial charge in [-0.15, -0.1) is 0 Å². The maximum atomic E-state index is 12.1. The van der Waals surface area contributed by atoms with E-state index in [9.17, 15) is 13.2 Å². The van der Waals surface area contributed by atoms with Crippen LogP contribution in [0.2, 0.25) is 0 Å². The van der Waals surface area contributed by atoms with Crippen LogP contribution in [0.1, 0.15) is 0 Å². The van der Waals surface area contributed by atoms with Crippen LogP contribution in [-0.4, -0.2) is 43.2 Å². The Morgan fingerprint density at radius 2 is 2.07 bits per heavy atom. The van der Waals surface area contributed by atoms with Gasteiger partial charge in [0.2, 0.25) is 0 Å². The van der Waals surface area contributed by atoms with Gasteiger partial charge < -0.3 is 4.90 Å². The van der Waals surface area contributed by atoms with E-state index < -0.39 is 12.1 Å². The number of alkyl halides is 3. The Balaban J connectivity index is 4.01. The lowest BCUT2D eigenvalue weighted by Crippen LogP contribution is -2.34. The summed E-state index contributed by atoms with van der Waals surface area (Å²) in [5, 5.41) is 8.33. The third-order valence-corrected chi connectivity index (χ3v) is 2.31. The molecule has 0 heterocycles. The zero-order chi connectivity index (χ0) is 11.2. The first-order valence-electron chi connectivity index (χ1n) is 4.05. The first kappa shape index (κ1) is 13.6. The summed E-state index contributed by atoms with van der Waals surface area (Å²) in [6.07, 6.45) is -2.53. The van der Waals surface area contributed by atoms with Crippen molar-refractivity contribution in [2.24, 2.45) is 5.92 Å². The van der Waals surface area contributed by atoms with Gasteiger partial charge >= 0.3 is 6.18 Å². The topological polar surface area (TPSA) is 27.0 Å². The third-order valence-electron chi connectivity index (χ3n) is 1.72. The Morgan fingerprint density at radius 3 is 2.43 bits per heavy atom. The summed E-state index contributed by atoms with van der Waals surface area (Å²) < 4.78 is 36.4. The molecule has 2 nitrogen and oxygen atoms in total. The lowest BCUT2D eigenvalue weighted by atomic mass is 10.1. The summed E-state index contributed by atoms with van der Waals surface area (Å²) in [6.45, 7) is 0.315. The quantitative estimate of drug-likeness (QED) is 0.717. The van der Waals surface area contributed by atoms with Gasteiger partial charge in [0.15, 0.2) is 5.92 Å². The second-order valence-corrected chi connectivity index (χ2v) is 3.96. The molecule has 82 valence electrons. The standard InChI is InChI=1S/C8H13F3N2S/c1-13(3-4-14-2)6-7(5-12)8(9,10)11/h7H,3-4,6H2,1-2H3. The molecule has 0 aromatic heterocycles. The molecule has 0 aromatic carbocycles. The van der Waals surface area contributed by atoms with E-state index in [1.54, 1.807) is 18.8 Å². The number of thioether (sulfide) groups is 1. The molecule has 0 radical (unpaired) electrons. The minimum absolute atomic E-state index is 0.249. The van der Waals surface area contributed by atoms with Gasteiger partial charge in [-0.25, -0.2) is 0 Å². The number of hydrogen-bond donors (Lipinski definition) is 0. The van der Waals surface area contributed by atoms with Crippen molar-refractivity contribution in [3.63, 3.8) is 0 Å². The molecule has 0 bridgehead atoms. The average Bonchev–Trinajstić information content (AvgIpc) is 2.08. The predicted molar refractivity (Wildman–Crippen MR) is 51.0 cm³/mol. The molecule has 1 atom stereocenters. The summed E-state index contributed by atoms with van der Waals surface area (Å²) in [5.41, 5.74) is 0. The summed E-state index contributed by atoms with van der Waals surface area (Å²) in [7, 11) is 1.59. The highest BCUT2D eigenvalue weighted by atomic mass is 32.2. The van der Waals surface area contributed by atoms with E-state index in [0.717, 1.165) is 5.75 Å². The highest BCUT2D eigenvalue weighted by Crippen LogP contribution is 2.25. The number of nitrogens with zero attached hydrogens (tertiary/aromatic N) is 2. The van der Waals surface area contributed by atoms with Crippen LogP contribution < -0.4 is 0 Å². The molecule has 0 aliphatic rings. The van der Waals surface area contributed by atoms with Crippen molar-refractivity contribution < 1.29 is 13.2 Å². The molecular formula is C8H13F3N2S. The number of rotatable bonds is 5.